The van der Waals surface area contributed by atoms with E-state index < -0.39 is 0 Å². The number of nitrogens with one attached hydrogen (secondary N) is 4. The number of fused-ring (bicyclic) bond motifs is 1. The van der Waals surface area contributed by atoms with Crippen molar-refractivity contribution in [2.45, 2.75) is 97.9 Å². The van der Waals surface area contributed by atoms with Crippen LogP contribution < -0.4 is 21.4 Å². The number of hydrazine groups is 1. The van der Waals surface area contributed by atoms with Crippen LogP contribution in [0.1, 0.15) is 51.9 Å². The molecule has 10 heteroatoms. The van der Waals surface area contributed by atoms with Gasteiger partial charge in [0.2, 0.25) is 11.8 Å². The van der Waals surface area contributed by atoms with E-state index in [1.54, 1.807) is 0 Å². The number of carbonyl (C=O) groups excluding carboxylic acids is 2. The average Bonchev–Trinajstić information content (AvgIpc) is 3.06. The van der Waals surface area contributed by atoms with E-state index in [2.05, 4.69) is 33.3 Å². The molecule has 6 unspecified atom stereocenters. The zero-order chi connectivity index (χ0) is 21.8. The third-order valence-corrected chi connectivity index (χ3v) is 8.82. The van der Waals surface area contributed by atoms with E-state index in [4.69, 9.17) is 27.9 Å². The standard InChI is InChI=1S/C21H33Cl2N5O3/c1-12-6-16-18(24-4-5-28(16)27-12)19(30)26-21-9-20(10-21,11-21)25-17(29)8-31-13-2-3-14(22)15(23)7-13/h12-16,18,24,27H,2-11H2,1H3,(H,25,29)(H,26,30). The van der Waals surface area contributed by atoms with Gasteiger partial charge in [-0.2, -0.15) is 0 Å². The van der Waals surface area contributed by atoms with Gasteiger partial charge < -0.3 is 20.7 Å². The minimum absolute atomic E-state index is 0.00253. The monoisotopic (exact) mass is 473 g/mol. The highest BCUT2D eigenvalue weighted by atomic mass is 35.5. The van der Waals surface area contributed by atoms with Crippen LogP contribution in [0.5, 0.6) is 0 Å². The Hall–Kier alpha value is -0.640. The van der Waals surface area contributed by atoms with Gasteiger partial charge in [-0.15, -0.1) is 23.2 Å². The lowest BCUT2D eigenvalue weighted by atomic mass is 9.44. The summed E-state index contributed by atoms with van der Waals surface area (Å²) in [4.78, 5) is 25.4. The molecule has 6 rings (SSSR count). The number of ether oxygens (including phenoxy) is 1. The van der Waals surface area contributed by atoms with Crippen molar-refractivity contribution in [2.24, 2.45) is 0 Å². The quantitative estimate of drug-likeness (QED) is 0.422. The first-order valence-corrected chi connectivity index (χ1v) is 12.4. The Morgan fingerprint density at radius 2 is 1.84 bits per heavy atom. The van der Waals surface area contributed by atoms with Crippen LogP contribution in [0.3, 0.4) is 0 Å². The van der Waals surface area contributed by atoms with Crippen LogP contribution in [-0.4, -0.2) is 82.6 Å². The van der Waals surface area contributed by atoms with E-state index in [9.17, 15) is 9.59 Å². The molecule has 2 heterocycles. The van der Waals surface area contributed by atoms with Gasteiger partial charge in [-0.3, -0.25) is 15.0 Å². The smallest absolute Gasteiger partial charge is 0.246 e. The van der Waals surface area contributed by atoms with Gasteiger partial charge in [-0.05, 0) is 51.9 Å². The predicted molar refractivity (Wildman–Crippen MR) is 118 cm³/mol. The fourth-order valence-corrected chi connectivity index (χ4v) is 6.88. The summed E-state index contributed by atoms with van der Waals surface area (Å²) in [5.41, 5.74) is 3.12. The van der Waals surface area contributed by atoms with Gasteiger partial charge in [-0.1, -0.05) is 0 Å². The molecule has 6 aliphatic rings. The molecule has 8 nitrogen and oxygen atoms in total. The highest BCUT2D eigenvalue weighted by Crippen LogP contribution is 2.60. The Labute approximate surface area is 193 Å². The second-order valence-corrected chi connectivity index (χ2v) is 11.5. The summed E-state index contributed by atoms with van der Waals surface area (Å²) < 4.78 is 5.77. The number of carbonyl (C=O) groups is 2. The van der Waals surface area contributed by atoms with Crippen LogP contribution in [0.15, 0.2) is 0 Å². The summed E-state index contributed by atoms with van der Waals surface area (Å²) in [5, 5.41) is 11.9. The first kappa shape index (κ1) is 22.2. The van der Waals surface area contributed by atoms with E-state index in [0.717, 1.165) is 51.6 Å². The molecule has 2 saturated heterocycles. The molecule has 174 valence electrons. The Morgan fingerprint density at radius 1 is 1.10 bits per heavy atom. The fraction of sp³-hybridized carbons (Fsp3) is 0.905. The van der Waals surface area contributed by atoms with Crippen LogP contribution in [0.25, 0.3) is 0 Å². The molecule has 2 aliphatic heterocycles. The van der Waals surface area contributed by atoms with Gasteiger partial charge in [0, 0.05) is 30.2 Å². The number of amides is 2. The van der Waals surface area contributed by atoms with Crippen molar-refractivity contribution in [1.29, 1.82) is 0 Å². The van der Waals surface area contributed by atoms with E-state index in [-0.39, 0.29) is 58.4 Å². The molecule has 0 radical (unpaired) electrons. The highest BCUT2D eigenvalue weighted by Gasteiger charge is 2.69. The first-order valence-electron chi connectivity index (χ1n) is 11.6. The summed E-state index contributed by atoms with van der Waals surface area (Å²) in [6.45, 7) is 3.93. The van der Waals surface area contributed by atoms with Crippen LogP contribution >= 0.6 is 23.2 Å². The minimum Gasteiger partial charge on any atom is -0.368 e. The van der Waals surface area contributed by atoms with Crippen LogP contribution in [-0.2, 0) is 14.3 Å². The van der Waals surface area contributed by atoms with Crippen molar-refractivity contribution in [3.05, 3.63) is 0 Å². The SMILES string of the molecule is CC1CC2C(C(=O)NC34CC(NC(=O)COC5CCC(Cl)C(Cl)C5)(C3)C4)NCCN2N1. The molecule has 0 spiro atoms. The summed E-state index contributed by atoms with van der Waals surface area (Å²) in [5.74, 6) is -0.00608. The molecule has 6 fully saturated rings. The third-order valence-electron chi connectivity index (χ3n) is 7.68. The fourth-order valence-electron chi connectivity index (χ4n) is 6.32. The first-order chi connectivity index (χ1) is 14.8. The molecule has 2 bridgehead atoms. The number of rotatable bonds is 6. The summed E-state index contributed by atoms with van der Waals surface area (Å²) in [6.07, 6.45) is 5.71. The minimum atomic E-state index is -0.187. The maximum absolute atomic E-state index is 13.0. The van der Waals surface area contributed by atoms with E-state index in [0.29, 0.717) is 12.5 Å². The lowest BCUT2D eigenvalue weighted by Gasteiger charge is -2.70. The lowest BCUT2D eigenvalue weighted by molar-refractivity contribution is -0.154. The maximum Gasteiger partial charge on any atom is 0.246 e. The van der Waals surface area contributed by atoms with Gasteiger partial charge in [-0.25, -0.2) is 5.01 Å². The largest absolute Gasteiger partial charge is 0.368 e. The lowest BCUT2D eigenvalue weighted by Crippen LogP contribution is -2.84. The summed E-state index contributed by atoms with van der Waals surface area (Å²) in [6, 6.07) is 0.410. The van der Waals surface area contributed by atoms with Crippen molar-refractivity contribution >= 4 is 35.0 Å². The molecule has 0 aromatic heterocycles. The molecule has 31 heavy (non-hydrogen) atoms. The zero-order valence-corrected chi connectivity index (χ0v) is 19.5. The molecule has 4 N–H and O–H groups in total. The number of halogens is 2. The van der Waals surface area contributed by atoms with Crippen molar-refractivity contribution in [1.82, 2.24) is 26.4 Å². The topological polar surface area (TPSA) is 94.7 Å². The van der Waals surface area contributed by atoms with Crippen molar-refractivity contribution < 1.29 is 14.3 Å². The van der Waals surface area contributed by atoms with Gasteiger partial charge in [0.15, 0.2) is 0 Å². The van der Waals surface area contributed by atoms with Crippen molar-refractivity contribution in [3.63, 3.8) is 0 Å². The molecule has 6 atom stereocenters. The summed E-state index contributed by atoms with van der Waals surface area (Å²) in [7, 11) is 0. The van der Waals surface area contributed by atoms with Crippen LogP contribution in [0.2, 0.25) is 0 Å². The highest BCUT2D eigenvalue weighted by molar-refractivity contribution is 6.30. The number of hydrogen-bond donors (Lipinski definition) is 4. The predicted octanol–water partition coefficient (Wildman–Crippen LogP) is 0.617. The Bertz CT molecular complexity index is 720. The van der Waals surface area contributed by atoms with Gasteiger partial charge in [0.05, 0.1) is 22.9 Å². The third kappa shape index (κ3) is 4.32. The van der Waals surface area contributed by atoms with Crippen molar-refractivity contribution in [3.8, 4) is 0 Å². The molecular weight excluding hydrogens is 441 g/mol. The van der Waals surface area contributed by atoms with E-state index in [1.165, 1.54) is 0 Å². The Balaban J connectivity index is 1.05. The Kier molecular flexibility index (Phi) is 5.93. The van der Waals surface area contributed by atoms with Crippen LogP contribution in [0.4, 0.5) is 0 Å². The number of nitrogens with zero attached hydrogens (tertiary/aromatic N) is 1. The van der Waals surface area contributed by atoms with Crippen molar-refractivity contribution in [2.75, 3.05) is 19.7 Å². The average molecular weight is 474 g/mol. The van der Waals surface area contributed by atoms with E-state index >= 15 is 0 Å². The van der Waals surface area contributed by atoms with Gasteiger partial charge in [0.25, 0.3) is 0 Å². The number of alkyl halides is 2. The second-order valence-electron chi connectivity index (χ2n) is 10.4. The summed E-state index contributed by atoms with van der Waals surface area (Å²) >= 11 is 12.4. The molecular formula is C21H33Cl2N5O3. The normalized spacial score (nSPS) is 46.4. The molecule has 0 aromatic rings. The zero-order valence-electron chi connectivity index (χ0n) is 18.0. The molecule has 4 saturated carbocycles. The molecule has 0 aromatic carbocycles. The van der Waals surface area contributed by atoms with E-state index in [1.807, 2.05) is 0 Å². The number of piperazine rings is 1. The van der Waals surface area contributed by atoms with Gasteiger partial charge >= 0.3 is 0 Å². The number of hydrogen-bond acceptors (Lipinski definition) is 6. The molecule has 2 amide bonds. The van der Waals surface area contributed by atoms with Crippen LogP contribution in [0, 0.1) is 0 Å². The van der Waals surface area contributed by atoms with Gasteiger partial charge in [0.1, 0.15) is 12.6 Å². The maximum atomic E-state index is 13.0. The Morgan fingerprint density at radius 3 is 2.58 bits per heavy atom. The second kappa shape index (κ2) is 8.29. The molecule has 4 aliphatic carbocycles.